The highest BCUT2D eigenvalue weighted by atomic mass is 127. The first-order valence-corrected chi connectivity index (χ1v) is 10.3. The molecule has 8 nitrogen and oxygen atoms in total. The van der Waals surface area contributed by atoms with Crippen molar-refractivity contribution in [2.24, 2.45) is 4.99 Å². The third-order valence-corrected chi connectivity index (χ3v) is 5.31. The van der Waals surface area contributed by atoms with E-state index in [0.717, 1.165) is 44.0 Å². The van der Waals surface area contributed by atoms with Gasteiger partial charge in [-0.1, -0.05) is 12.1 Å². The van der Waals surface area contributed by atoms with Gasteiger partial charge in [0.15, 0.2) is 17.5 Å². The van der Waals surface area contributed by atoms with E-state index < -0.39 is 0 Å². The summed E-state index contributed by atoms with van der Waals surface area (Å²) >= 11 is 0. The minimum atomic E-state index is -0.246. The highest BCUT2D eigenvalue weighted by molar-refractivity contribution is 14.0. The summed E-state index contributed by atoms with van der Waals surface area (Å²) in [6.45, 7) is 6.89. The Bertz CT molecular complexity index is 717. The molecule has 30 heavy (non-hydrogen) atoms. The van der Waals surface area contributed by atoms with Crippen molar-refractivity contribution < 1.29 is 19.0 Å². The molecule has 1 N–H and O–H groups in total. The Balaban J connectivity index is 0.00000320. The molecule has 0 aliphatic carbocycles. The van der Waals surface area contributed by atoms with Crippen LogP contribution in [0.5, 0.6) is 11.5 Å². The number of aliphatic imine (C=N–C) groups is 1. The normalized spacial score (nSPS) is 19.3. The fraction of sp³-hybridized carbons (Fsp3) is 0.619. The Morgan fingerprint density at radius 3 is 2.53 bits per heavy atom. The van der Waals surface area contributed by atoms with Gasteiger partial charge in [-0.25, -0.2) is 4.99 Å². The largest absolute Gasteiger partial charge is 0.493 e. The molecule has 168 valence electrons. The molecule has 0 radical (unpaired) electrons. The van der Waals surface area contributed by atoms with Crippen LogP contribution in [-0.4, -0.2) is 81.3 Å². The molecule has 2 saturated heterocycles. The van der Waals surface area contributed by atoms with E-state index in [4.69, 9.17) is 19.2 Å². The van der Waals surface area contributed by atoms with E-state index in [9.17, 15) is 4.79 Å². The van der Waals surface area contributed by atoms with Gasteiger partial charge in [-0.05, 0) is 25.8 Å². The zero-order valence-corrected chi connectivity index (χ0v) is 20.4. The Morgan fingerprint density at radius 2 is 1.93 bits per heavy atom. The van der Waals surface area contributed by atoms with Gasteiger partial charge in [-0.2, -0.15) is 0 Å². The molecular formula is C21H33IN4O4. The van der Waals surface area contributed by atoms with Crippen molar-refractivity contribution in [3.63, 3.8) is 0 Å². The molecule has 0 aromatic heterocycles. The lowest BCUT2D eigenvalue weighted by molar-refractivity contribution is -0.142. The maximum atomic E-state index is 12.6. The van der Waals surface area contributed by atoms with Gasteiger partial charge in [0, 0.05) is 44.9 Å². The van der Waals surface area contributed by atoms with E-state index in [2.05, 4.69) is 17.1 Å². The molecule has 0 saturated carbocycles. The van der Waals surface area contributed by atoms with Crippen LogP contribution < -0.4 is 14.8 Å². The van der Waals surface area contributed by atoms with E-state index in [1.54, 1.807) is 14.2 Å². The summed E-state index contributed by atoms with van der Waals surface area (Å²) in [7, 11) is 3.27. The van der Waals surface area contributed by atoms with Gasteiger partial charge in [0.2, 0.25) is 0 Å². The first-order valence-electron chi connectivity index (χ1n) is 10.3. The van der Waals surface area contributed by atoms with Gasteiger partial charge in [0.1, 0.15) is 6.10 Å². The monoisotopic (exact) mass is 532 g/mol. The molecule has 1 atom stereocenters. The summed E-state index contributed by atoms with van der Waals surface area (Å²) in [5.74, 6) is 2.39. The second-order valence-corrected chi connectivity index (χ2v) is 7.14. The fourth-order valence-corrected chi connectivity index (χ4v) is 3.78. The molecule has 2 aliphatic rings. The number of nitrogens with zero attached hydrogens (tertiary/aromatic N) is 3. The molecule has 2 fully saturated rings. The average molecular weight is 532 g/mol. The molecule has 1 aromatic rings. The van der Waals surface area contributed by atoms with Crippen LogP contribution in [0.4, 0.5) is 0 Å². The molecule has 0 bridgehead atoms. The van der Waals surface area contributed by atoms with E-state index in [-0.39, 0.29) is 36.0 Å². The molecule has 2 aliphatic heterocycles. The number of ether oxygens (including phenoxy) is 3. The lowest BCUT2D eigenvalue weighted by Crippen LogP contribution is -2.55. The third kappa shape index (κ3) is 5.90. The van der Waals surface area contributed by atoms with E-state index in [0.29, 0.717) is 37.7 Å². The van der Waals surface area contributed by atoms with Crippen LogP contribution in [0.15, 0.2) is 23.2 Å². The van der Waals surface area contributed by atoms with Crippen LogP contribution in [0.1, 0.15) is 25.3 Å². The summed E-state index contributed by atoms with van der Waals surface area (Å²) in [6, 6.07) is 5.81. The van der Waals surface area contributed by atoms with Crippen molar-refractivity contribution in [1.29, 1.82) is 0 Å². The SMILES string of the molecule is CCNC(=NCc1cccc(OC)c1OC)N1CCN(C(=O)C2CCCO2)CC1.I. The summed E-state index contributed by atoms with van der Waals surface area (Å²) < 4.78 is 16.4. The predicted molar refractivity (Wildman–Crippen MR) is 127 cm³/mol. The zero-order chi connectivity index (χ0) is 20.6. The number of nitrogens with one attached hydrogen (secondary N) is 1. The second kappa shape index (κ2) is 12.2. The molecular weight excluding hydrogens is 499 g/mol. The minimum Gasteiger partial charge on any atom is -0.493 e. The average Bonchev–Trinajstić information content (AvgIpc) is 3.30. The summed E-state index contributed by atoms with van der Waals surface area (Å²) in [6.07, 6.45) is 1.57. The number of carbonyl (C=O) groups is 1. The standard InChI is InChI=1S/C21H32N4O4.HI/c1-4-22-21(23-15-16-7-5-8-17(27-2)19(16)28-3)25-12-10-24(11-13-25)20(26)18-9-6-14-29-18;/h5,7-8,18H,4,6,9-15H2,1-3H3,(H,22,23);1H. The second-order valence-electron chi connectivity index (χ2n) is 7.14. The van der Waals surface area contributed by atoms with Crippen molar-refractivity contribution in [2.75, 3.05) is 53.6 Å². The Hall–Kier alpha value is -1.75. The van der Waals surface area contributed by atoms with Crippen LogP contribution >= 0.6 is 24.0 Å². The molecule has 0 spiro atoms. The van der Waals surface area contributed by atoms with Gasteiger partial charge in [-0.15, -0.1) is 24.0 Å². The molecule has 3 rings (SSSR count). The maximum absolute atomic E-state index is 12.6. The highest BCUT2D eigenvalue weighted by Gasteiger charge is 2.30. The number of carbonyl (C=O) groups excluding carboxylic acids is 1. The van der Waals surface area contributed by atoms with Gasteiger partial charge >= 0.3 is 0 Å². The number of guanidine groups is 1. The Morgan fingerprint density at radius 1 is 1.20 bits per heavy atom. The predicted octanol–water partition coefficient (Wildman–Crippen LogP) is 2.11. The number of benzene rings is 1. The Labute approximate surface area is 196 Å². The number of amides is 1. The first-order chi connectivity index (χ1) is 14.2. The first kappa shape index (κ1) is 24.5. The van der Waals surface area contributed by atoms with Crippen LogP contribution in [0.2, 0.25) is 0 Å². The molecule has 9 heteroatoms. The van der Waals surface area contributed by atoms with Crippen LogP contribution in [0.25, 0.3) is 0 Å². The van der Waals surface area contributed by atoms with Gasteiger partial charge in [0.05, 0.1) is 20.8 Å². The smallest absolute Gasteiger partial charge is 0.251 e. The zero-order valence-electron chi connectivity index (χ0n) is 18.1. The van der Waals surface area contributed by atoms with Crippen LogP contribution in [0.3, 0.4) is 0 Å². The van der Waals surface area contributed by atoms with E-state index in [1.165, 1.54) is 0 Å². The number of para-hydroxylation sites is 1. The number of hydrogen-bond acceptors (Lipinski definition) is 5. The van der Waals surface area contributed by atoms with Crippen molar-refractivity contribution in [1.82, 2.24) is 15.1 Å². The number of halogens is 1. The van der Waals surface area contributed by atoms with Crippen molar-refractivity contribution in [2.45, 2.75) is 32.4 Å². The molecule has 1 unspecified atom stereocenters. The fourth-order valence-electron chi connectivity index (χ4n) is 3.78. The highest BCUT2D eigenvalue weighted by Crippen LogP contribution is 2.31. The van der Waals surface area contributed by atoms with Crippen LogP contribution in [0, 0.1) is 0 Å². The summed E-state index contributed by atoms with van der Waals surface area (Å²) in [5, 5.41) is 3.36. The molecule has 1 amide bonds. The minimum absolute atomic E-state index is 0. The molecule has 2 heterocycles. The van der Waals surface area contributed by atoms with Crippen molar-refractivity contribution in [3.8, 4) is 11.5 Å². The number of hydrogen-bond donors (Lipinski definition) is 1. The van der Waals surface area contributed by atoms with E-state index >= 15 is 0 Å². The van der Waals surface area contributed by atoms with Gasteiger partial charge in [0.25, 0.3) is 5.91 Å². The summed E-state index contributed by atoms with van der Waals surface area (Å²) in [5.41, 5.74) is 0.967. The quantitative estimate of drug-likeness (QED) is 0.344. The van der Waals surface area contributed by atoms with E-state index in [1.807, 2.05) is 23.1 Å². The van der Waals surface area contributed by atoms with Crippen LogP contribution in [-0.2, 0) is 16.1 Å². The lowest BCUT2D eigenvalue weighted by atomic mass is 10.2. The number of rotatable bonds is 6. The Kier molecular flexibility index (Phi) is 9.96. The number of methoxy groups -OCH3 is 2. The maximum Gasteiger partial charge on any atom is 0.251 e. The third-order valence-electron chi connectivity index (χ3n) is 5.31. The lowest BCUT2D eigenvalue weighted by Gasteiger charge is -2.37. The van der Waals surface area contributed by atoms with Crippen molar-refractivity contribution >= 4 is 35.8 Å². The topological polar surface area (TPSA) is 75.6 Å². The number of piperazine rings is 1. The van der Waals surface area contributed by atoms with Gasteiger partial charge < -0.3 is 29.3 Å². The van der Waals surface area contributed by atoms with Crippen molar-refractivity contribution in [3.05, 3.63) is 23.8 Å². The van der Waals surface area contributed by atoms with Gasteiger partial charge in [-0.3, -0.25) is 4.79 Å². The summed E-state index contributed by atoms with van der Waals surface area (Å²) in [4.78, 5) is 21.5. The molecule has 1 aromatic carbocycles.